The van der Waals surface area contributed by atoms with E-state index in [9.17, 15) is 9.18 Å². The second-order valence-electron chi connectivity index (χ2n) is 7.50. The van der Waals surface area contributed by atoms with Gasteiger partial charge in [0.1, 0.15) is 17.3 Å². The third-order valence-electron chi connectivity index (χ3n) is 5.20. The first-order valence-electron chi connectivity index (χ1n) is 9.98. The topological polar surface area (TPSA) is 95.6 Å². The van der Waals surface area contributed by atoms with Gasteiger partial charge in [-0.1, -0.05) is 0 Å². The zero-order valence-electron chi connectivity index (χ0n) is 17.4. The number of halogens is 1. The Balaban J connectivity index is 1.41. The predicted octanol–water partition coefficient (Wildman–Crippen LogP) is 5.19. The third-order valence-corrected chi connectivity index (χ3v) is 6.11. The molecular weight excluding hydrogens is 427 g/mol. The van der Waals surface area contributed by atoms with E-state index < -0.39 is 11.7 Å². The molecule has 7 nitrogen and oxygen atoms in total. The van der Waals surface area contributed by atoms with E-state index in [1.807, 2.05) is 44.3 Å². The maximum Gasteiger partial charge on any atom is 0.259 e. The highest BCUT2D eigenvalue weighted by atomic mass is 32.1. The number of fused-ring (bicyclic) bond motifs is 2. The quantitative estimate of drug-likeness (QED) is 0.345. The molecule has 0 saturated carbocycles. The van der Waals surface area contributed by atoms with Crippen molar-refractivity contribution in [3.8, 4) is 0 Å². The number of nitrogens with zero attached hydrogens (tertiary/aromatic N) is 3. The van der Waals surface area contributed by atoms with E-state index in [4.69, 9.17) is 0 Å². The molecule has 0 spiro atoms. The maximum atomic E-state index is 14.0. The molecule has 0 radical (unpaired) electrons. The van der Waals surface area contributed by atoms with Gasteiger partial charge in [-0.3, -0.25) is 4.79 Å². The minimum atomic E-state index is -0.582. The van der Waals surface area contributed by atoms with Crippen LogP contribution in [0.5, 0.6) is 0 Å². The van der Waals surface area contributed by atoms with Gasteiger partial charge in [0.25, 0.3) is 5.91 Å². The molecule has 32 heavy (non-hydrogen) atoms. The smallest absolute Gasteiger partial charge is 0.259 e. The summed E-state index contributed by atoms with van der Waals surface area (Å²) < 4.78 is 19.3. The summed E-state index contributed by atoms with van der Waals surface area (Å²) in [4.78, 5) is 24.7. The number of aryl methyl sites for hydroxylation is 2. The van der Waals surface area contributed by atoms with Crippen molar-refractivity contribution in [2.75, 3.05) is 10.6 Å². The van der Waals surface area contributed by atoms with Gasteiger partial charge in [-0.2, -0.15) is 4.37 Å². The zero-order valence-corrected chi connectivity index (χ0v) is 18.2. The van der Waals surface area contributed by atoms with Crippen LogP contribution in [0.25, 0.3) is 21.1 Å². The molecule has 0 aliphatic heterocycles. The predicted molar refractivity (Wildman–Crippen MR) is 125 cm³/mol. The van der Waals surface area contributed by atoms with Gasteiger partial charge in [0.05, 0.1) is 22.2 Å². The summed E-state index contributed by atoms with van der Waals surface area (Å²) in [5, 5.41) is 7.98. The van der Waals surface area contributed by atoms with E-state index in [1.165, 1.54) is 17.6 Å². The van der Waals surface area contributed by atoms with Gasteiger partial charge in [-0.25, -0.2) is 14.4 Å². The number of hydrogen-bond acceptors (Lipinski definition) is 6. The molecule has 1 amide bonds. The number of hydrogen-bond donors (Lipinski definition) is 3. The number of anilines is 2. The summed E-state index contributed by atoms with van der Waals surface area (Å²) >= 11 is 1.41. The van der Waals surface area contributed by atoms with Crippen LogP contribution in [0.15, 0.2) is 48.8 Å². The van der Waals surface area contributed by atoms with Gasteiger partial charge in [-0.05, 0) is 67.3 Å². The SMILES string of the molecule is Cc1cc(CNc2ncc(F)cc2C(=O)Nc2ccc3snc(C)c3c2)c2cc[nH]c2n1. The Kier molecular flexibility index (Phi) is 5.02. The van der Waals surface area contributed by atoms with Gasteiger partial charge < -0.3 is 15.6 Å². The molecule has 160 valence electrons. The number of aromatic amines is 1. The highest BCUT2D eigenvalue weighted by Gasteiger charge is 2.16. The summed E-state index contributed by atoms with van der Waals surface area (Å²) in [6, 6.07) is 10.7. The molecular formula is C23H19FN6OS. The molecule has 0 saturated heterocycles. The van der Waals surface area contributed by atoms with Crippen molar-refractivity contribution < 1.29 is 9.18 Å². The van der Waals surface area contributed by atoms with Gasteiger partial charge in [-0.15, -0.1) is 0 Å². The Labute approximate surface area is 186 Å². The van der Waals surface area contributed by atoms with Crippen molar-refractivity contribution in [1.29, 1.82) is 0 Å². The van der Waals surface area contributed by atoms with E-state index in [0.717, 1.165) is 44.3 Å². The Hall–Kier alpha value is -3.85. The third kappa shape index (κ3) is 3.78. The number of aromatic nitrogens is 4. The van der Waals surface area contributed by atoms with Crippen molar-refractivity contribution in [3.63, 3.8) is 0 Å². The van der Waals surface area contributed by atoms with Crippen LogP contribution in [-0.4, -0.2) is 25.2 Å². The van der Waals surface area contributed by atoms with Crippen molar-refractivity contribution in [2.45, 2.75) is 20.4 Å². The Morgan fingerprint density at radius 3 is 2.91 bits per heavy atom. The van der Waals surface area contributed by atoms with E-state index >= 15 is 0 Å². The molecule has 9 heteroatoms. The van der Waals surface area contributed by atoms with Crippen LogP contribution in [0.2, 0.25) is 0 Å². The summed E-state index contributed by atoms with van der Waals surface area (Å²) in [6.45, 7) is 4.24. The molecule has 3 N–H and O–H groups in total. The van der Waals surface area contributed by atoms with Crippen molar-refractivity contribution in [1.82, 2.24) is 19.3 Å². The number of H-pyrrole nitrogens is 1. The molecule has 0 bridgehead atoms. The Morgan fingerprint density at radius 2 is 2.03 bits per heavy atom. The molecule has 4 heterocycles. The lowest BCUT2D eigenvalue weighted by molar-refractivity contribution is 0.102. The lowest BCUT2D eigenvalue weighted by atomic mass is 10.1. The van der Waals surface area contributed by atoms with Crippen LogP contribution in [0.3, 0.4) is 0 Å². The Morgan fingerprint density at radius 1 is 1.16 bits per heavy atom. The largest absolute Gasteiger partial charge is 0.365 e. The minimum absolute atomic E-state index is 0.126. The average Bonchev–Trinajstić information content (AvgIpc) is 3.39. The average molecular weight is 447 g/mol. The first kappa shape index (κ1) is 20.1. The number of amides is 1. The highest BCUT2D eigenvalue weighted by molar-refractivity contribution is 7.13. The normalized spacial score (nSPS) is 11.2. The van der Waals surface area contributed by atoms with Crippen LogP contribution < -0.4 is 10.6 Å². The standard InChI is InChI=1S/C23H19FN6OS/c1-12-7-14(17-5-6-25-22(17)28-12)10-26-21-19(8-15(24)11-27-21)23(31)29-16-3-4-20-18(9-16)13(2)30-32-20/h3-9,11H,10H2,1-2H3,(H,25,28)(H,26,27)(H,29,31). The molecule has 0 atom stereocenters. The van der Waals surface area contributed by atoms with E-state index in [1.54, 1.807) is 6.07 Å². The molecule has 4 aromatic heterocycles. The van der Waals surface area contributed by atoms with Crippen LogP contribution in [0.4, 0.5) is 15.9 Å². The first-order chi connectivity index (χ1) is 15.5. The fourth-order valence-electron chi connectivity index (χ4n) is 3.66. The fraction of sp³-hybridized carbons (Fsp3) is 0.130. The molecule has 1 aromatic carbocycles. The highest BCUT2D eigenvalue weighted by Crippen LogP contribution is 2.26. The molecule has 0 aliphatic carbocycles. The monoisotopic (exact) mass is 446 g/mol. The lowest BCUT2D eigenvalue weighted by Gasteiger charge is -2.13. The fourth-order valence-corrected chi connectivity index (χ4v) is 4.43. The number of nitrogens with one attached hydrogen (secondary N) is 3. The summed E-state index contributed by atoms with van der Waals surface area (Å²) in [7, 11) is 0. The number of benzene rings is 1. The second kappa shape index (κ2) is 8.01. The van der Waals surface area contributed by atoms with Crippen LogP contribution in [-0.2, 0) is 6.54 Å². The zero-order chi connectivity index (χ0) is 22.2. The molecule has 5 aromatic rings. The summed E-state index contributed by atoms with van der Waals surface area (Å²) in [5.74, 6) is -0.726. The number of carbonyl (C=O) groups is 1. The van der Waals surface area contributed by atoms with Crippen molar-refractivity contribution in [2.24, 2.45) is 0 Å². The molecule has 0 fully saturated rings. The van der Waals surface area contributed by atoms with Gasteiger partial charge >= 0.3 is 0 Å². The van der Waals surface area contributed by atoms with Gasteiger partial charge in [0.15, 0.2) is 0 Å². The second-order valence-corrected chi connectivity index (χ2v) is 8.30. The molecule has 5 rings (SSSR count). The molecule has 0 unspecified atom stereocenters. The van der Waals surface area contributed by atoms with Crippen LogP contribution in [0, 0.1) is 19.7 Å². The van der Waals surface area contributed by atoms with E-state index in [0.29, 0.717) is 18.1 Å². The van der Waals surface area contributed by atoms with Crippen molar-refractivity contribution in [3.05, 3.63) is 77.1 Å². The lowest BCUT2D eigenvalue weighted by Crippen LogP contribution is -2.16. The summed E-state index contributed by atoms with van der Waals surface area (Å²) in [5.41, 5.74) is 4.30. The minimum Gasteiger partial charge on any atom is -0.365 e. The van der Waals surface area contributed by atoms with Crippen LogP contribution >= 0.6 is 11.5 Å². The first-order valence-corrected chi connectivity index (χ1v) is 10.8. The number of rotatable bonds is 5. The summed E-state index contributed by atoms with van der Waals surface area (Å²) in [6.07, 6.45) is 2.92. The number of pyridine rings is 2. The van der Waals surface area contributed by atoms with Gasteiger partial charge in [0.2, 0.25) is 0 Å². The Bertz CT molecular complexity index is 1470. The molecule has 0 aliphatic rings. The number of carbonyl (C=O) groups excluding carboxylic acids is 1. The van der Waals surface area contributed by atoms with Gasteiger partial charge in [0, 0.05) is 34.9 Å². The maximum absolute atomic E-state index is 14.0. The van der Waals surface area contributed by atoms with E-state index in [2.05, 4.69) is 30.0 Å². The van der Waals surface area contributed by atoms with Crippen molar-refractivity contribution >= 4 is 50.1 Å². The van der Waals surface area contributed by atoms with Crippen LogP contribution in [0.1, 0.15) is 27.3 Å². The van der Waals surface area contributed by atoms with E-state index in [-0.39, 0.29) is 5.56 Å².